The lowest BCUT2D eigenvalue weighted by atomic mass is 9.99. The smallest absolute Gasteiger partial charge is 0.348 e. The Hall–Kier alpha value is -2.83. The minimum atomic E-state index is -4.41. The highest BCUT2D eigenvalue weighted by Gasteiger charge is 2.30. The highest BCUT2D eigenvalue weighted by Crippen LogP contribution is 2.43. The van der Waals surface area contributed by atoms with E-state index in [1.165, 1.54) is 17.7 Å². The van der Waals surface area contributed by atoms with Crippen molar-refractivity contribution in [2.75, 3.05) is 0 Å². The molecule has 1 fully saturated rings. The number of nitrogens with zero attached hydrogens (tertiary/aromatic N) is 1. The molecule has 1 aliphatic carbocycles. The van der Waals surface area contributed by atoms with Crippen LogP contribution in [0.5, 0.6) is 0 Å². The van der Waals surface area contributed by atoms with Gasteiger partial charge in [0, 0.05) is 17.5 Å². The van der Waals surface area contributed by atoms with E-state index in [4.69, 9.17) is 0 Å². The van der Waals surface area contributed by atoms with E-state index in [9.17, 15) is 18.0 Å². The third-order valence-electron chi connectivity index (χ3n) is 4.69. The van der Waals surface area contributed by atoms with Crippen molar-refractivity contribution < 1.29 is 18.0 Å². The van der Waals surface area contributed by atoms with Crippen LogP contribution in [0.4, 0.5) is 13.2 Å². The van der Waals surface area contributed by atoms with Gasteiger partial charge in [-0.2, -0.15) is 18.3 Å². The molecule has 0 bridgehead atoms. The van der Waals surface area contributed by atoms with Gasteiger partial charge in [0.2, 0.25) is 0 Å². The Kier molecular flexibility index (Phi) is 3.94. The second-order valence-electron chi connectivity index (χ2n) is 6.50. The highest BCUT2D eigenvalue weighted by atomic mass is 19.4. The van der Waals surface area contributed by atoms with Crippen molar-refractivity contribution in [3.05, 3.63) is 64.8 Å². The first-order valence-corrected chi connectivity index (χ1v) is 8.34. The molecule has 1 aromatic heterocycles. The van der Waals surface area contributed by atoms with Gasteiger partial charge >= 0.3 is 6.18 Å². The first-order chi connectivity index (χ1) is 12.4. The third-order valence-corrected chi connectivity index (χ3v) is 4.69. The summed E-state index contributed by atoms with van der Waals surface area (Å²) in [7, 11) is 0. The van der Waals surface area contributed by atoms with Crippen molar-refractivity contribution in [3.63, 3.8) is 0 Å². The lowest BCUT2D eigenvalue weighted by Crippen LogP contribution is -2.23. The Labute approximate surface area is 147 Å². The molecule has 0 atom stereocenters. The molecule has 1 saturated carbocycles. The number of aromatic amines is 1. The highest BCUT2D eigenvalue weighted by molar-refractivity contribution is 5.94. The predicted octanol–water partition coefficient (Wildman–Crippen LogP) is 4.39. The number of fused-ring (bicyclic) bond motifs is 1. The predicted molar refractivity (Wildman–Crippen MR) is 90.7 cm³/mol. The van der Waals surface area contributed by atoms with Crippen molar-refractivity contribution in [3.8, 4) is 0 Å². The van der Waals surface area contributed by atoms with Gasteiger partial charge in [0.25, 0.3) is 5.91 Å². The molecule has 7 heteroatoms. The molecule has 0 aliphatic heterocycles. The molecule has 0 unspecified atom stereocenters. The minimum absolute atomic E-state index is 0.199. The molecule has 2 aromatic carbocycles. The summed E-state index contributed by atoms with van der Waals surface area (Å²) < 4.78 is 37.9. The maximum absolute atomic E-state index is 12.6. The van der Waals surface area contributed by atoms with Crippen molar-refractivity contribution in [2.24, 2.45) is 0 Å². The Morgan fingerprint density at radius 1 is 1.15 bits per heavy atom. The molecule has 0 saturated heterocycles. The van der Waals surface area contributed by atoms with E-state index < -0.39 is 17.6 Å². The second kappa shape index (κ2) is 6.16. The summed E-state index contributed by atoms with van der Waals surface area (Å²) in [5.41, 5.74) is 2.54. The van der Waals surface area contributed by atoms with Crippen LogP contribution in [-0.4, -0.2) is 16.1 Å². The number of H-pyrrole nitrogens is 1. The molecule has 26 heavy (non-hydrogen) atoms. The van der Waals surface area contributed by atoms with Crippen molar-refractivity contribution in [2.45, 2.75) is 31.5 Å². The summed E-state index contributed by atoms with van der Waals surface area (Å²) in [6.45, 7) is 0.308. The van der Waals surface area contributed by atoms with Gasteiger partial charge in [-0.05, 0) is 60.2 Å². The molecule has 134 valence electrons. The van der Waals surface area contributed by atoms with Crippen LogP contribution in [0.3, 0.4) is 0 Å². The van der Waals surface area contributed by atoms with E-state index in [0.717, 1.165) is 41.4 Å². The number of benzene rings is 2. The van der Waals surface area contributed by atoms with Gasteiger partial charge in [-0.25, -0.2) is 0 Å². The van der Waals surface area contributed by atoms with E-state index in [2.05, 4.69) is 21.6 Å². The molecular formula is C19H16F3N3O. The molecule has 1 aliphatic rings. The zero-order chi connectivity index (χ0) is 18.3. The Morgan fingerprint density at radius 3 is 2.54 bits per heavy atom. The monoisotopic (exact) mass is 359 g/mol. The average Bonchev–Trinajstić information content (AvgIpc) is 3.35. The first-order valence-electron chi connectivity index (χ1n) is 8.34. The van der Waals surface area contributed by atoms with Crippen LogP contribution in [-0.2, 0) is 12.7 Å². The standard InChI is InChI=1S/C19H16F3N3O/c20-19(21,22)13-5-3-12(4-6-13)18(26)23-9-15-14(11-1-2-11)7-8-17-16(15)10-24-25-17/h3-8,10-11H,1-2,9H2,(H,23,26)(H,24,25). The number of nitrogens with one attached hydrogen (secondary N) is 2. The number of carbonyl (C=O) groups excluding carboxylic acids is 1. The van der Waals surface area contributed by atoms with Gasteiger partial charge < -0.3 is 5.32 Å². The number of hydrogen-bond donors (Lipinski definition) is 2. The molecule has 1 amide bonds. The van der Waals surface area contributed by atoms with Crippen LogP contribution in [0.1, 0.15) is 45.8 Å². The maximum atomic E-state index is 12.6. The molecule has 4 rings (SSSR count). The van der Waals surface area contributed by atoms with E-state index >= 15 is 0 Å². The zero-order valence-corrected chi connectivity index (χ0v) is 13.7. The molecule has 0 spiro atoms. The van der Waals surface area contributed by atoms with Crippen LogP contribution in [0.2, 0.25) is 0 Å². The first kappa shape index (κ1) is 16.6. The van der Waals surface area contributed by atoms with E-state index in [1.807, 2.05) is 6.07 Å². The number of hydrogen-bond acceptors (Lipinski definition) is 2. The Bertz CT molecular complexity index is 956. The molecule has 3 aromatic rings. The van der Waals surface area contributed by atoms with Gasteiger partial charge in [-0.3, -0.25) is 9.89 Å². The summed E-state index contributed by atoms with van der Waals surface area (Å²) in [6, 6.07) is 8.26. The topological polar surface area (TPSA) is 57.8 Å². The number of rotatable bonds is 4. The van der Waals surface area contributed by atoms with Crippen LogP contribution >= 0.6 is 0 Å². The van der Waals surface area contributed by atoms with Gasteiger partial charge in [0.05, 0.1) is 17.3 Å². The molecule has 2 N–H and O–H groups in total. The lowest BCUT2D eigenvalue weighted by Gasteiger charge is -2.12. The van der Waals surface area contributed by atoms with Gasteiger partial charge in [-0.15, -0.1) is 0 Å². The van der Waals surface area contributed by atoms with Crippen LogP contribution in [0.25, 0.3) is 10.9 Å². The molecule has 4 nitrogen and oxygen atoms in total. The van der Waals surface area contributed by atoms with Gasteiger partial charge in [0.1, 0.15) is 0 Å². The number of carbonyl (C=O) groups is 1. The summed E-state index contributed by atoms with van der Waals surface area (Å²) in [4.78, 5) is 12.3. The van der Waals surface area contributed by atoms with Crippen LogP contribution < -0.4 is 5.32 Å². The zero-order valence-electron chi connectivity index (χ0n) is 13.7. The van der Waals surface area contributed by atoms with Crippen LogP contribution in [0.15, 0.2) is 42.6 Å². The Morgan fingerprint density at radius 2 is 1.88 bits per heavy atom. The summed E-state index contributed by atoms with van der Waals surface area (Å²) in [5, 5.41) is 10.8. The van der Waals surface area contributed by atoms with E-state index in [0.29, 0.717) is 12.5 Å². The van der Waals surface area contributed by atoms with E-state index in [1.54, 1.807) is 6.20 Å². The summed E-state index contributed by atoms with van der Waals surface area (Å²) in [6.07, 6.45) is -0.418. The molecular weight excluding hydrogens is 343 g/mol. The van der Waals surface area contributed by atoms with Crippen molar-refractivity contribution in [1.82, 2.24) is 15.5 Å². The number of amides is 1. The normalized spacial score (nSPS) is 14.6. The molecule has 1 heterocycles. The van der Waals surface area contributed by atoms with Crippen molar-refractivity contribution in [1.29, 1.82) is 0 Å². The quantitative estimate of drug-likeness (QED) is 0.726. The lowest BCUT2D eigenvalue weighted by molar-refractivity contribution is -0.137. The van der Waals surface area contributed by atoms with E-state index in [-0.39, 0.29) is 5.56 Å². The Balaban J connectivity index is 1.54. The number of alkyl halides is 3. The number of aromatic nitrogens is 2. The minimum Gasteiger partial charge on any atom is -0.348 e. The second-order valence-corrected chi connectivity index (χ2v) is 6.50. The average molecular weight is 359 g/mol. The fourth-order valence-corrected chi connectivity index (χ4v) is 3.15. The largest absolute Gasteiger partial charge is 0.416 e. The fraction of sp³-hybridized carbons (Fsp3) is 0.263. The van der Waals surface area contributed by atoms with Crippen LogP contribution in [0, 0.1) is 0 Å². The number of halogens is 3. The SMILES string of the molecule is O=C(NCc1c(C2CC2)ccc2[nH]ncc12)c1ccc(C(F)(F)F)cc1. The fourth-order valence-electron chi connectivity index (χ4n) is 3.15. The van der Waals surface area contributed by atoms with Gasteiger partial charge in [-0.1, -0.05) is 6.07 Å². The third kappa shape index (κ3) is 3.16. The van der Waals surface area contributed by atoms with Gasteiger partial charge in [0.15, 0.2) is 0 Å². The molecule has 0 radical (unpaired) electrons. The maximum Gasteiger partial charge on any atom is 0.416 e. The summed E-state index contributed by atoms with van der Waals surface area (Å²) in [5.74, 6) is 0.105. The van der Waals surface area contributed by atoms with Crippen molar-refractivity contribution >= 4 is 16.8 Å². The summed E-state index contributed by atoms with van der Waals surface area (Å²) >= 11 is 0.